The first kappa shape index (κ1) is 11.7. The first-order valence-electron chi connectivity index (χ1n) is 7.26. The summed E-state index contributed by atoms with van der Waals surface area (Å²) in [6.45, 7) is 1.84. The number of fused-ring (bicyclic) bond motifs is 2. The molecule has 1 aromatic heterocycles. The van der Waals surface area contributed by atoms with Gasteiger partial charge in [0.05, 0.1) is 0 Å². The van der Waals surface area contributed by atoms with Crippen molar-refractivity contribution in [3.8, 4) is 0 Å². The number of nitrogens with zero attached hydrogens (tertiary/aromatic N) is 3. The summed E-state index contributed by atoms with van der Waals surface area (Å²) in [5, 5.41) is 0. The van der Waals surface area contributed by atoms with Crippen molar-refractivity contribution in [1.82, 2.24) is 9.97 Å². The van der Waals surface area contributed by atoms with Crippen LogP contribution < -0.4 is 10.6 Å². The van der Waals surface area contributed by atoms with Crippen LogP contribution in [0.15, 0.2) is 24.5 Å². The predicted molar refractivity (Wildman–Crippen MR) is 79.4 cm³/mol. The third kappa shape index (κ3) is 1.83. The monoisotopic (exact) mass is 266 g/mol. The zero-order valence-electron chi connectivity index (χ0n) is 11.5. The maximum Gasteiger partial charge on any atom is 0.136 e. The molecule has 1 aliphatic heterocycles. The zero-order chi connectivity index (χ0) is 13.5. The lowest BCUT2D eigenvalue weighted by molar-refractivity contribution is 0.655. The van der Waals surface area contributed by atoms with Crippen LogP contribution >= 0.6 is 0 Å². The smallest absolute Gasteiger partial charge is 0.136 e. The van der Waals surface area contributed by atoms with Crippen LogP contribution in [0, 0.1) is 0 Å². The lowest BCUT2D eigenvalue weighted by Gasteiger charge is -2.23. The summed E-state index contributed by atoms with van der Waals surface area (Å²) < 4.78 is 0. The Morgan fingerprint density at radius 3 is 2.80 bits per heavy atom. The molecule has 102 valence electrons. The quantitative estimate of drug-likeness (QED) is 0.806. The van der Waals surface area contributed by atoms with Gasteiger partial charge in [0.25, 0.3) is 0 Å². The Kier molecular flexibility index (Phi) is 2.62. The van der Waals surface area contributed by atoms with E-state index in [1.165, 1.54) is 35.2 Å². The Morgan fingerprint density at radius 2 is 1.85 bits per heavy atom. The molecule has 0 amide bonds. The van der Waals surface area contributed by atoms with E-state index >= 15 is 0 Å². The molecule has 2 N–H and O–H groups in total. The summed E-state index contributed by atoms with van der Waals surface area (Å²) in [7, 11) is 0. The van der Waals surface area contributed by atoms with E-state index < -0.39 is 0 Å². The highest BCUT2D eigenvalue weighted by Crippen LogP contribution is 2.33. The molecule has 4 heteroatoms. The van der Waals surface area contributed by atoms with Crippen molar-refractivity contribution in [1.29, 1.82) is 0 Å². The van der Waals surface area contributed by atoms with Crippen LogP contribution in [0.3, 0.4) is 0 Å². The maximum atomic E-state index is 5.88. The van der Waals surface area contributed by atoms with Crippen LogP contribution in [0.25, 0.3) is 0 Å². The van der Waals surface area contributed by atoms with Crippen LogP contribution in [0.4, 0.5) is 11.5 Å². The minimum absolute atomic E-state index is 0.843. The van der Waals surface area contributed by atoms with Crippen LogP contribution in [0.2, 0.25) is 0 Å². The molecule has 4 nitrogen and oxygen atoms in total. The largest absolute Gasteiger partial charge is 0.399 e. The molecule has 4 rings (SSSR count). The average molecular weight is 266 g/mol. The molecule has 0 bridgehead atoms. The van der Waals surface area contributed by atoms with Crippen LogP contribution in [0.1, 0.15) is 35.2 Å². The summed E-state index contributed by atoms with van der Waals surface area (Å²) in [5.41, 5.74) is 12.0. The third-order valence-electron chi connectivity index (χ3n) is 4.35. The lowest BCUT2D eigenvalue weighted by Crippen LogP contribution is -2.20. The molecule has 0 radical (unpaired) electrons. The van der Waals surface area contributed by atoms with Gasteiger partial charge in [-0.2, -0.15) is 0 Å². The Bertz CT molecular complexity index is 666. The topological polar surface area (TPSA) is 55.0 Å². The molecule has 1 aromatic carbocycles. The molecule has 0 spiro atoms. The Morgan fingerprint density at radius 1 is 1.00 bits per heavy atom. The number of hydrogen-bond donors (Lipinski definition) is 1. The normalized spacial score (nSPS) is 16.9. The predicted octanol–water partition coefficient (Wildman–Crippen LogP) is 2.46. The van der Waals surface area contributed by atoms with Gasteiger partial charge in [0.1, 0.15) is 12.1 Å². The molecule has 0 unspecified atom stereocenters. The van der Waals surface area contributed by atoms with Crippen molar-refractivity contribution >= 4 is 11.5 Å². The fraction of sp³-hybridized carbons (Fsp3) is 0.375. The number of nitrogen functional groups attached to an aromatic ring is 1. The van der Waals surface area contributed by atoms with Gasteiger partial charge in [0.2, 0.25) is 0 Å². The van der Waals surface area contributed by atoms with E-state index in [1.807, 2.05) is 6.07 Å². The summed E-state index contributed by atoms with van der Waals surface area (Å²) in [6.07, 6.45) is 6.43. The molecule has 2 aromatic rings. The number of rotatable bonds is 1. The van der Waals surface area contributed by atoms with Gasteiger partial charge in [0.15, 0.2) is 0 Å². The van der Waals surface area contributed by atoms with Crippen molar-refractivity contribution in [2.75, 3.05) is 10.6 Å². The molecular formula is C16H18N4. The SMILES string of the molecule is Nc1ccc2c(c1)CN(c1ncnc3c1CCCC3)C2. The molecule has 2 aliphatic rings. The highest BCUT2D eigenvalue weighted by atomic mass is 15.2. The minimum atomic E-state index is 0.843. The molecule has 2 heterocycles. The van der Waals surface area contributed by atoms with Gasteiger partial charge in [0, 0.05) is 30.0 Å². The first-order chi connectivity index (χ1) is 9.81. The van der Waals surface area contributed by atoms with E-state index in [-0.39, 0.29) is 0 Å². The number of nitrogens with two attached hydrogens (primary N) is 1. The maximum absolute atomic E-state index is 5.88. The van der Waals surface area contributed by atoms with E-state index in [0.717, 1.165) is 37.4 Å². The van der Waals surface area contributed by atoms with E-state index in [4.69, 9.17) is 5.73 Å². The van der Waals surface area contributed by atoms with Crippen molar-refractivity contribution in [2.45, 2.75) is 38.8 Å². The van der Waals surface area contributed by atoms with Crippen LogP contribution in [0.5, 0.6) is 0 Å². The van der Waals surface area contributed by atoms with Gasteiger partial charge in [-0.25, -0.2) is 9.97 Å². The molecule has 0 atom stereocenters. The fourth-order valence-electron chi connectivity index (χ4n) is 3.34. The van der Waals surface area contributed by atoms with E-state index in [0.29, 0.717) is 0 Å². The van der Waals surface area contributed by atoms with Gasteiger partial charge in [-0.15, -0.1) is 0 Å². The fourth-order valence-corrected chi connectivity index (χ4v) is 3.34. The van der Waals surface area contributed by atoms with Gasteiger partial charge in [-0.3, -0.25) is 0 Å². The van der Waals surface area contributed by atoms with Crippen LogP contribution in [-0.2, 0) is 25.9 Å². The molecule has 1 aliphatic carbocycles. The first-order valence-corrected chi connectivity index (χ1v) is 7.26. The van der Waals surface area contributed by atoms with E-state index in [2.05, 4.69) is 27.0 Å². The van der Waals surface area contributed by atoms with E-state index in [9.17, 15) is 0 Å². The number of hydrogen-bond acceptors (Lipinski definition) is 4. The highest BCUT2D eigenvalue weighted by Gasteiger charge is 2.24. The van der Waals surface area contributed by atoms with Gasteiger partial charge in [-0.05, 0) is 48.9 Å². The highest BCUT2D eigenvalue weighted by molar-refractivity contribution is 5.56. The number of anilines is 2. The number of benzene rings is 1. The second-order valence-electron chi connectivity index (χ2n) is 5.71. The molecule has 0 saturated heterocycles. The van der Waals surface area contributed by atoms with Crippen LogP contribution in [-0.4, -0.2) is 9.97 Å². The van der Waals surface area contributed by atoms with Gasteiger partial charge < -0.3 is 10.6 Å². The molecule has 0 fully saturated rings. The van der Waals surface area contributed by atoms with Gasteiger partial charge >= 0.3 is 0 Å². The van der Waals surface area contributed by atoms with Crippen molar-refractivity contribution in [3.05, 3.63) is 46.9 Å². The standard InChI is InChI=1S/C16H18N4/c17-13-6-5-11-8-20(9-12(11)7-13)16-14-3-1-2-4-15(14)18-10-19-16/h5-7,10H,1-4,8-9,17H2. The second-order valence-corrected chi connectivity index (χ2v) is 5.71. The molecular weight excluding hydrogens is 248 g/mol. The van der Waals surface area contributed by atoms with Crippen molar-refractivity contribution in [3.63, 3.8) is 0 Å². The van der Waals surface area contributed by atoms with Gasteiger partial charge in [-0.1, -0.05) is 6.07 Å². The summed E-state index contributed by atoms with van der Waals surface area (Å²) in [4.78, 5) is 11.4. The summed E-state index contributed by atoms with van der Waals surface area (Å²) >= 11 is 0. The number of aromatic nitrogens is 2. The summed E-state index contributed by atoms with van der Waals surface area (Å²) in [6, 6.07) is 6.21. The Hall–Kier alpha value is -2.10. The van der Waals surface area contributed by atoms with E-state index in [1.54, 1.807) is 6.33 Å². The average Bonchev–Trinajstić information content (AvgIpc) is 2.89. The molecule has 20 heavy (non-hydrogen) atoms. The van der Waals surface area contributed by atoms with Crippen molar-refractivity contribution < 1.29 is 0 Å². The number of aryl methyl sites for hydroxylation is 1. The second kappa shape index (κ2) is 4.47. The Labute approximate surface area is 118 Å². The third-order valence-corrected chi connectivity index (χ3v) is 4.35. The summed E-state index contributed by atoms with van der Waals surface area (Å²) in [5.74, 6) is 1.13. The Balaban J connectivity index is 1.71. The zero-order valence-corrected chi connectivity index (χ0v) is 11.5. The lowest BCUT2D eigenvalue weighted by atomic mass is 9.96. The molecule has 0 saturated carbocycles. The minimum Gasteiger partial charge on any atom is -0.399 e. The van der Waals surface area contributed by atoms with Crippen molar-refractivity contribution in [2.24, 2.45) is 0 Å².